The number of amides is 1. The highest BCUT2D eigenvalue weighted by Crippen LogP contribution is 2.50. The van der Waals surface area contributed by atoms with Gasteiger partial charge in [-0.2, -0.15) is 0 Å². The Morgan fingerprint density at radius 3 is 2.44 bits per heavy atom. The number of ether oxygens (including phenoxy) is 1. The summed E-state index contributed by atoms with van der Waals surface area (Å²) in [7, 11) is 0. The lowest BCUT2D eigenvalue weighted by Crippen LogP contribution is -2.35. The van der Waals surface area contributed by atoms with Crippen LogP contribution in [0.15, 0.2) is 61.2 Å². The fraction of sp³-hybridized carbons (Fsp3) is 0.280. The minimum absolute atomic E-state index is 0.128. The zero-order chi connectivity index (χ0) is 22.7. The number of carbonyl (C=O) groups is 2. The first kappa shape index (κ1) is 21.6. The zero-order valence-electron chi connectivity index (χ0n) is 18.0. The van der Waals surface area contributed by atoms with Crippen LogP contribution in [0.3, 0.4) is 0 Å². The van der Waals surface area contributed by atoms with Crippen LogP contribution in [0.1, 0.15) is 53.7 Å². The van der Waals surface area contributed by atoms with Crippen molar-refractivity contribution in [1.82, 2.24) is 15.3 Å². The normalized spacial score (nSPS) is 15.0. The van der Waals surface area contributed by atoms with Gasteiger partial charge in [0.2, 0.25) is 5.91 Å². The number of hydrogen-bond donors (Lipinski definition) is 1. The molecule has 3 aromatic rings. The van der Waals surface area contributed by atoms with Crippen molar-refractivity contribution in [2.45, 2.75) is 39.2 Å². The van der Waals surface area contributed by atoms with Crippen LogP contribution in [0.4, 0.5) is 4.39 Å². The SMILES string of the molecule is Cc1ccc(Oc2ccc(C(C)NC(=O)C3(CC(=O)c4cncnc4)CC3)cc2)c(F)c1. The molecule has 1 fully saturated rings. The lowest BCUT2D eigenvalue weighted by molar-refractivity contribution is -0.127. The Kier molecular flexibility index (Phi) is 5.99. The van der Waals surface area contributed by atoms with Gasteiger partial charge in [-0.3, -0.25) is 9.59 Å². The molecule has 0 bridgehead atoms. The van der Waals surface area contributed by atoms with Gasteiger partial charge in [0.1, 0.15) is 12.1 Å². The molecule has 32 heavy (non-hydrogen) atoms. The number of carbonyl (C=O) groups excluding carboxylic acids is 2. The molecule has 0 spiro atoms. The monoisotopic (exact) mass is 433 g/mol. The standard InChI is InChI=1S/C25H24FN3O3/c1-16-3-8-23(21(26)11-16)32-20-6-4-18(5-7-20)17(2)29-24(31)25(9-10-25)12-22(30)19-13-27-15-28-14-19/h3-8,11,13-15,17H,9-10,12H2,1-2H3,(H,29,31). The second kappa shape index (κ2) is 8.86. The van der Waals surface area contributed by atoms with E-state index in [2.05, 4.69) is 15.3 Å². The molecule has 1 N–H and O–H groups in total. The highest BCUT2D eigenvalue weighted by atomic mass is 19.1. The Morgan fingerprint density at radius 1 is 1.12 bits per heavy atom. The molecule has 1 aliphatic carbocycles. The molecule has 1 atom stereocenters. The maximum atomic E-state index is 14.0. The summed E-state index contributed by atoms with van der Waals surface area (Å²) < 4.78 is 19.6. The molecule has 0 saturated heterocycles. The van der Waals surface area contributed by atoms with Crippen LogP contribution in [0.25, 0.3) is 0 Å². The van der Waals surface area contributed by atoms with Gasteiger partial charge in [-0.25, -0.2) is 14.4 Å². The van der Waals surface area contributed by atoms with Crippen LogP contribution >= 0.6 is 0 Å². The first-order chi connectivity index (χ1) is 15.4. The summed E-state index contributed by atoms with van der Waals surface area (Å²) in [6.45, 7) is 3.70. The van der Waals surface area contributed by atoms with Gasteiger partial charge in [0, 0.05) is 18.8 Å². The number of nitrogens with zero attached hydrogens (tertiary/aromatic N) is 2. The van der Waals surface area contributed by atoms with E-state index in [9.17, 15) is 14.0 Å². The minimum Gasteiger partial charge on any atom is -0.454 e. The number of halogens is 1. The van der Waals surface area contributed by atoms with Gasteiger partial charge in [0.05, 0.1) is 17.0 Å². The van der Waals surface area contributed by atoms with Crippen LogP contribution in [0, 0.1) is 18.2 Å². The summed E-state index contributed by atoms with van der Waals surface area (Å²) in [5.74, 6) is -0.00715. The summed E-state index contributed by atoms with van der Waals surface area (Å²) >= 11 is 0. The summed E-state index contributed by atoms with van der Waals surface area (Å²) in [6.07, 6.45) is 5.81. The van der Waals surface area contributed by atoms with E-state index < -0.39 is 11.2 Å². The van der Waals surface area contributed by atoms with Crippen molar-refractivity contribution < 1.29 is 18.7 Å². The Morgan fingerprint density at radius 2 is 1.81 bits per heavy atom. The lowest BCUT2D eigenvalue weighted by Gasteiger charge is -2.20. The third kappa shape index (κ3) is 4.82. The van der Waals surface area contributed by atoms with Crippen LogP contribution in [-0.4, -0.2) is 21.7 Å². The quantitative estimate of drug-likeness (QED) is 0.509. The zero-order valence-corrected chi connectivity index (χ0v) is 18.0. The van der Waals surface area contributed by atoms with E-state index in [1.165, 1.54) is 24.8 Å². The van der Waals surface area contributed by atoms with Crippen LogP contribution < -0.4 is 10.1 Å². The molecule has 164 valence electrons. The number of benzene rings is 2. The molecule has 6 nitrogen and oxygen atoms in total. The number of nitrogens with one attached hydrogen (secondary N) is 1. The van der Waals surface area contributed by atoms with Crippen molar-refractivity contribution in [1.29, 1.82) is 0 Å². The number of aromatic nitrogens is 2. The van der Waals surface area contributed by atoms with E-state index in [0.29, 0.717) is 24.2 Å². The topological polar surface area (TPSA) is 81.2 Å². The Labute approximate surface area is 185 Å². The van der Waals surface area contributed by atoms with Gasteiger partial charge in [-0.15, -0.1) is 0 Å². The molecule has 1 aromatic heterocycles. The Hall–Kier alpha value is -3.61. The molecule has 1 saturated carbocycles. The molecule has 1 aliphatic rings. The van der Waals surface area contributed by atoms with Crippen molar-refractivity contribution in [2.75, 3.05) is 0 Å². The molecule has 2 aromatic carbocycles. The third-order valence-corrected chi connectivity index (χ3v) is 5.76. The summed E-state index contributed by atoms with van der Waals surface area (Å²) in [5.41, 5.74) is 1.46. The molecule has 1 unspecified atom stereocenters. The molecular weight excluding hydrogens is 409 g/mol. The summed E-state index contributed by atoms with van der Waals surface area (Å²) in [5, 5.41) is 3.02. The summed E-state index contributed by atoms with van der Waals surface area (Å²) in [4.78, 5) is 33.1. The number of aryl methyl sites for hydroxylation is 1. The van der Waals surface area contributed by atoms with Crippen LogP contribution in [0.2, 0.25) is 0 Å². The van der Waals surface area contributed by atoms with Crippen molar-refractivity contribution in [3.63, 3.8) is 0 Å². The maximum Gasteiger partial charge on any atom is 0.227 e. The maximum absolute atomic E-state index is 14.0. The van der Waals surface area contributed by atoms with Gasteiger partial charge in [0.25, 0.3) is 0 Å². The van der Waals surface area contributed by atoms with Crippen LogP contribution in [0.5, 0.6) is 11.5 Å². The van der Waals surface area contributed by atoms with E-state index in [4.69, 9.17) is 4.74 Å². The highest BCUT2D eigenvalue weighted by molar-refractivity contribution is 6.00. The van der Waals surface area contributed by atoms with Gasteiger partial charge in [-0.1, -0.05) is 18.2 Å². The van der Waals surface area contributed by atoms with Gasteiger partial charge < -0.3 is 10.1 Å². The largest absolute Gasteiger partial charge is 0.454 e. The van der Waals surface area contributed by atoms with E-state index >= 15 is 0 Å². The van der Waals surface area contributed by atoms with Gasteiger partial charge in [0.15, 0.2) is 17.3 Å². The molecule has 0 aliphatic heterocycles. The van der Waals surface area contributed by atoms with E-state index in [-0.39, 0.29) is 29.9 Å². The van der Waals surface area contributed by atoms with Crippen molar-refractivity contribution >= 4 is 11.7 Å². The van der Waals surface area contributed by atoms with Crippen molar-refractivity contribution in [2.24, 2.45) is 5.41 Å². The summed E-state index contributed by atoms with van der Waals surface area (Å²) in [6, 6.07) is 11.7. The molecule has 0 radical (unpaired) electrons. The lowest BCUT2D eigenvalue weighted by atomic mass is 9.95. The van der Waals surface area contributed by atoms with Gasteiger partial charge >= 0.3 is 0 Å². The molecular formula is C25H24FN3O3. The Bertz CT molecular complexity index is 1130. The third-order valence-electron chi connectivity index (χ3n) is 5.76. The number of hydrogen-bond acceptors (Lipinski definition) is 5. The van der Waals surface area contributed by atoms with Gasteiger partial charge in [-0.05, 0) is 62.1 Å². The van der Waals surface area contributed by atoms with Crippen molar-refractivity contribution in [3.05, 3.63) is 83.7 Å². The Balaban J connectivity index is 1.36. The molecule has 1 heterocycles. The molecule has 7 heteroatoms. The fourth-order valence-electron chi connectivity index (χ4n) is 3.56. The van der Waals surface area contributed by atoms with Crippen molar-refractivity contribution in [3.8, 4) is 11.5 Å². The predicted molar refractivity (Wildman–Crippen MR) is 117 cm³/mol. The van der Waals surface area contributed by atoms with Crippen LogP contribution in [-0.2, 0) is 4.79 Å². The predicted octanol–water partition coefficient (Wildman–Crippen LogP) is 4.95. The number of Topliss-reactive ketones (excluding diaryl/α,β-unsaturated/α-hetero) is 1. The number of rotatable bonds is 8. The second-order valence-corrected chi connectivity index (χ2v) is 8.31. The average molecular weight is 433 g/mol. The first-order valence-electron chi connectivity index (χ1n) is 10.5. The van der Waals surface area contributed by atoms with E-state index in [0.717, 1.165) is 11.1 Å². The highest BCUT2D eigenvalue weighted by Gasteiger charge is 2.51. The average Bonchev–Trinajstić information content (AvgIpc) is 3.57. The number of ketones is 1. The second-order valence-electron chi connectivity index (χ2n) is 8.31. The van der Waals surface area contributed by atoms with E-state index in [1.807, 2.05) is 26.0 Å². The minimum atomic E-state index is -0.660. The molecule has 1 amide bonds. The first-order valence-corrected chi connectivity index (χ1v) is 10.5. The fourth-order valence-corrected chi connectivity index (χ4v) is 3.56. The van der Waals surface area contributed by atoms with E-state index in [1.54, 1.807) is 24.3 Å². The molecule has 4 rings (SSSR count). The smallest absolute Gasteiger partial charge is 0.227 e.